The van der Waals surface area contributed by atoms with E-state index in [0.29, 0.717) is 0 Å². The lowest BCUT2D eigenvalue weighted by atomic mass is 10.2. The molecule has 0 radical (unpaired) electrons. The second-order valence-electron chi connectivity index (χ2n) is 4.40. The van der Waals surface area contributed by atoms with Gasteiger partial charge in [-0.1, -0.05) is 53.7 Å². The van der Waals surface area contributed by atoms with Crippen LogP contribution in [0.25, 0.3) is 0 Å². The van der Waals surface area contributed by atoms with Crippen molar-refractivity contribution in [3.63, 3.8) is 0 Å². The number of hydrogen-bond acceptors (Lipinski definition) is 3. The van der Waals surface area contributed by atoms with Gasteiger partial charge in [-0.2, -0.15) is 0 Å². The van der Waals surface area contributed by atoms with E-state index in [1.807, 2.05) is 60.7 Å². The van der Waals surface area contributed by atoms with Gasteiger partial charge in [-0.25, -0.2) is 0 Å². The van der Waals surface area contributed by atoms with E-state index in [1.165, 1.54) is 4.90 Å². The molecule has 0 atom stereocenters. The number of amides is 1. The van der Waals surface area contributed by atoms with Crippen molar-refractivity contribution in [3.05, 3.63) is 66.2 Å². The summed E-state index contributed by atoms with van der Waals surface area (Å²) in [5.41, 5.74) is 7.32. The molecule has 21 heavy (non-hydrogen) atoms. The topological polar surface area (TPSA) is 67.9 Å². The number of nitrogens with zero attached hydrogens (tertiary/aromatic N) is 2. The maximum Gasteiger partial charge on any atom is 0.267 e. The van der Waals surface area contributed by atoms with Gasteiger partial charge < -0.3 is 15.5 Å². The van der Waals surface area contributed by atoms with Crippen molar-refractivity contribution >= 4 is 17.4 Å². The Labute approximate surface area is 123 Å². The predicted octanol–water partition coefficient (Wildman–Crippen LogP) is 1.99. The van der Waals surface area contributed by atoms with Gasteiger partial charge in [-0.3, -0.25) is 4.79 Å². The third-order valence-corrected chi connectivity index (χ3v) is 2.94. The molecule has 0 aromatic heterocycles. The summed E-state index contributed by atoms with van der Waals surface area (Å²) in [6.45, 7) is -0.168. The molecular formula is C16H17N3O2. The Balaban J connectivity index is 1.90. The summed E-state index contributed by atoms with van der Waals surface area (Å²) in [5, 5.41) is 3.76. The SMILES string of the molecule is CN(C(=O)CON=C(N)c1ccccc1)c1ccccc1. The Morgan fingerprint density at radius 3 is 2.29 bits per heavy atom. The number of carbonyl (C=O) groups excluding carboxylic acids is 1. The fourth-order valence-electron chi connectivity index (χ4n) is 1.71. The first-order valence-corrected chi connectivity index (χ1v) is 6.51. The Morgan fingerprint density at radius 2 is 1.67 bits per heavy atom. The lowest BCUT2D eigenvalue weighted by Crippen LogP contribution is -2.29. The number of nitrogens with two attached hydrogens (primary N) is 1. The second-order valence-corrected chi connectivity index (χ2v) is 4.40. The molecule has 2 aromatic carbocycles. The second kappa shape index (κ2) is 7.09. The zero-order chi connectivity index (χ0) is 15.1. The van der Waals surface area contributed by atoms with E-state index in [1.54, 1.807) is 7.05 Å². The van der Waals surface area contributed by atoms with Crippen LogP contribution in [0.1, 0.15) is 5.56 Å². The number of amidine groups is 1. The molecule has 0 unspecified atom stereocenters. The van der Waals surface area contributed by atoms with Crippen molar-refractivity contribution in [2.45, 2.75) is 0 Å². The van der Waals surface area contributed by atoms with Crippen molar-refractivity contribution in [1.82, 2.24) is 0 Å². The maximum absolute atomic E-state index is 12.0. The smallest absolute Gasteiger partial charge is 0.267 e. The number of hydrogen-bond donors (Lipinski definition) is 1. The highest BCUT2D eigenvalue weighted by atomic mass is 16.6. The van der Waals surface area contributed by atoms with E-state index in [4.69, 9.17) is 10.6 Å². The highest BCUT2D eigenvalue weighted by molar-refractivity contribution is 5.97. The van der Waals surface area contributed by atoms with Gasteiger partial charge in [0.05, 0.1) is 0 Å². The first-order valence-electron chi connectivity index (χ1n) is 6.51. The van der Waals surface area contributed by atoms with E-state index in [2.05, 4.69) is 5.16 Å². The summed E-state index contributed by atoms with van der Waals surface area (Å²) < 4.78 is 0. The molecule has 0 bridgehead atoms. The van der Waals surface area contributed by atoms with Crippen LogP contribution in [0.2, 0.25) is 0 Å². The number of oxime groups is 1. The quantitative estimate of drug-likeness (QED) is 0.518. The zero-order valence-electron chi connectivity index (χ0n) is 11.8. The van der Waals surface area contributed by atoms with Crippen molar-refractivity contribution in [3.8, 4) is 0 Å². The van der Waals surface area contributed by atoms with Crippen molar-refractivity contribution in [2.24, 2.45) is 10.9 Å². The zero-order valence-corrected chi connectivity index (χ0v) is 11.8. The molecule has 0 heterocycles. The molecule has 2 aromatic rings. The molecule has 5 nitrogen and oxygen atoms in total. The molecule has 5 heteroatoms. The van der Waals surface area contributed by atoms with Crippen LogP contribution in [0.4, 0.5) is 5.69 Å². The van der Waals surface area contributed by atoms with Crippen LogP contribution in [0, 0.1) is 0 Å². The van der Waals surface area contributed by atoms with Crippen LogP contribution in [-0.4, -0.2) is 25.4 Å². The average Bonchev–Trinajstić information content (AvgIpc) is 2.55. The summed E-state index contributed by atoms with van der Waals surface area (Å²) in [6.07, 6.45) is 0. The van der Waals surface area contributed by atoms with Crippen LogP contribution in [0.15, 0.2) is 65.8 Å². The summed E-state index contributed by atoms with van der Waals surface area (Å²) in [5.74, 6) is 0.0385. The molecular weight excluding hydrogens is 266 g/mol. The van der Waals surface area contributed by atoms with E-state index < -0.39 is 0 Å². The minimum absolute atomic E-state index is 0.168. The Morgan fingerprint density at radius 1 is 1.10 bits per heavy atom. The summed E-state index contributed by atoms with van der Waals surface area (Å²) in [4.78, 5) is 18.5. The fraction of sp³-hybridized carbons (Fsp3) is 0.125. The van der Waals surface area contributed by atoms with Crippen LogP contribution >= 0.6 is 0 Å². The Hall–Kier alpha value is -2.82. The highest BCUT2D eigenvalue weighted by Gasteiger charge is 2.11. The van der Waals surface area contributed by atoms with Gasteiger partial charge in [-0.05, 0) is 12.1 Å². The number of para-hydroxylation sites is 1. The molecule has 0 aliphatic carbocycles. The number of anilines is 1. The molecule has 2 N–H and O–H groups in total. The predicted molar refractivity (Wildman–Crippen MR) is 83.0 cm³/mol. The summed E-state index contributed by atoms with van der Waals surface area (Å²) in [7, 11) is 1.69. The minimum Gasteiger partial charge on any atom is -0.384 e. The monoisotopic (exact) mass is 283 g/mol. The minimum atomic E-state index is -0.203. The molecule has 0 aliphatic heterocycles. The molecule has 0 saturated carbocycles. The van der Waals surface area contributed by atoms with Crippen LogP contribution in [0.3, 0.4) is 0 Å². The standard InChI is InChI=1S/C16H17N3O2/c1-19(14-10-6-3-7-11-14)15(20)12-21-18-16(17)13-8-4-2-5-9-13/h2-11H,12H2,1H3,(H2,17,18). The van der Waals surface area contributed by atoms with E-state index >= 15 is 0 Å². The fourth-order valence-corrected chi connectivity index (χ4v) is 1.71. The van der Waals surface area contributed by atoms with Gasteiger partial charge in [0.1, 0.15) is 0 Å². The van der Waals surface area contributed by atoms with E-state index in [-0.39, 0.29) is 18.3 Å². The molecule has 108 valence electrons. The Bertz CT molecular complexity index is 612. The van der Waals surface area contributed by atoms with Crippen LogP contribution in [0.5, 0.6) is 0 Å². The molecule has 0 fully saturated rings. The largest absolute Gasteiger partial charge is 0.384 e. The molecule has 0 spiro atoms. The van der Waals surface area contributed by atoms with Crippen molar-refractivity contribution in [1.29, 1.82) is 0 Å². The summed E-state index contributed by atoms with van der Waals surface area (Å²) >= 11 is 0. The molecule has 1 amide bonds. The van der Waals surface area contributed by atoms with Crippen LogP contribution < -0.4 is 10.6 Å². The van der Waals surface area contributed by atoms with Gasteiger partial charge in [0.25, 0.3) is 5.91 Å². The highest BCUT2D eigenvalue weighted by Crippen LogP contribution is 2.11. The van der Waals surface area contributed by atoms with Gasteiger partial charge in [0, 0.05) is 18.3 Å². The average molecular weight is 283 g/mol. The lowest BCUT2D eigenvalue weighted by molar-refractivity contribution is -0.122. The van der Waals surface area contributed by atoms with Crippen molar-refractivity contribution in [2.75, 3.05) is 18.6 Å². The number of benzene rings is 2. The molecule has 2 rings (SSSR count). The third kappa shape index (κ3) is 4.07. The first-order chi connectivity index (χ1) is 10.2. The van der Waals surface area contributed by atoms with E-state index in [9.17, 15) is 4.79 Å². The van der Waals surface area contributed by atoms with Gasteiger partial charge >= 0.3 is 0 Å². The van der Waals surface area contributed by atoms with Gasteiger partial charge in [0.2, 0.25) is 0 Å². The normalized spacial score (nSPS) is 11.0. The summed E-state index contributed by atoms with van der Waals surface area (Å²) in [6, 6.07) is 18.5. The maximum atomic E-state index is 12.0. The molecule has 0 saturated heterocycles. The number of carbonyl (C=O) groups is 1. The number of rotatable bonds is 5. The molecule has 0 aliphatic rings. The Kier molecular flexibility index (Phi) is 4.93. The van der Waals surface area contributed by atoms with E-state index in [0.717, 1.165) is 11.3 Å². The lowest BCUT2D eigenvalue weighted by Gasteiger charge is -2.16. The first kappa shape index (κ1) is 14.6. The third-order valence-electron chi connectivity index (χ3n) is 2.94. The van der Waals surface area contributed by atoms with Gasteiger partial charge in [-0.15, -0.1) is 0 Å². The van der Waals surface area contributed by atoms with Crippen LogP contribution in [-0.2, 0) is 9.63 Å². The number of likely N-dealkylation sites (N-methyl/N-ethyl adjacent to an activating group) is 1. The van der Waals surface area contributed by atoms with Gasteiger partial charge in [0.15, 0.2) is 12.4 Å². The van der Waals surface area contributed by atoms with Crippen molar-refractivity contribution < 1.29 is 9.63 Å².